The van der Waals surface area contributed by atoms with E-state index in [4.69, 9.17) is 27.3 Å². The summed E-state index contributed by atoms with van der Waals surface area (Å²) in [7, 11) is 0. The Kier molecular flexibility index (Phi) is 7.52. The average molecular weight is 394 g/mol. The molecule has 10 nitrogen and oxygen atoms in total. The minimum absolute atomic E-state index is 0.0161. The van der Waals surface area contributed by atoms with E-state index < -0.39 is 23.3 Å². The van der Waals surface area contributed by atoms with Gasteiger partial charge in [-0.15, -0.1) is 6.58 Å². The smallest absolute Gasteiger partial charge is 0.331 e. The summed E-state index contributed by atoms with van der Waals surface area (Å²) >= 11 is 5.64. The molecule has 0 aromatic carbocycles. The molecule has 2 rings (SSSR count). The second-order valence-electron chi connectivity index (χ2n) is 5.64. The van der Waals surface area contributed by atoms with E-state index in [1.54, 1.807) is 6.08 Å². The summed E-state index contributed by atoms with van der Waals surface area (Å²) in [5, 5.41) is 24.5. The van der Waals surface area contributed by atoms with Gasteiger partial charge in [0, 0.05) is 21.7 Å². The quantitative estimate of drug-likeness (QED) is 0.338. The summed E-state index contributed by atoms with van der Waals surface area (Å²) in [5.41, 5.74) is 7.07. The Hall–Kier alpha value is -3.36. The fraction of sp³-hybridized carbons (Fsp3) is 0.250. The molecule has 2 N–H and O–H groups in total. The van der Waals surface area contributed by atoms with Crippen LogP contribution in [0.1, 0.15) is 23.7 Å². The summed E-state index contributed by atoms with van der Waals surface area (Å²) in [6.07, 6.45) is 7.07. The maximum Gasteiger partial charge on any atom is 0.331 e. The van der Waals surface area contributed by atoms with Crippen LogP contribution in [0, 0.1) is 5.41 Å². The van der Waals surface area contributed by atoms with Crippen LogP contribution in [0.15, 0.2) is 52.9 Å². The van der Waals surface area contributed by atoms with E-state index in [0.29, 0.717) is 6.54 Å². The largest absolute Gasteiger partial charge is 0.481 e. The van der Waals surface area contributed by atoms with Gasteiger partial charge in [0.15, 0.2) is 0 Å². The van der Waals surface area contributed by atoms with Crippen molar-refractivity contribution in [1.29, 1.82) is 0 Å². The number of carboxylic acid groups (broad SMARTS) is 2. The van der Waals surface area contributed by atoms with Gasteiger partial charge in [0.2, 0.25) is 0 Å². The van der Waals surface area contributed by atoms with Crippen LogP contribution < -0.4 is 0 Å². The maximum atomic E-state index is 11.0. The van der Waals surface area contributed by atoms with Crippen LogP contribution >= 0.6 is 11.6 Å². The number of aliphatic carboxylic acids is 2. The highest BCUT2D eigenvalue weighted by atomic mass is 35.5. The predicted molar refractivity (Wildman–Crippen MR) is 95.9 cm³/mol. The van der Waals surface area contributed by atoms with Crippen LogP contribution in [0.4, 0.5) is 0 Å². The highest BCUT2D eigenvalue weighted by molar-refractivity contribution is 6.31. The van der Waals surface area contributed by atoms with Crippen molar-refractivity contribution < 1.29 is 24.6 Å². The zero-order valence-corrected chi connectivity index (χ0v) is 15.0. The third-order valence-electron chi connectivity index (χ3n) is 3.42. The van der Waals surface area contributed by atoms with E-state index in [1.807, 2.05) is 0 Å². The molecular formula is C16H16ClN5O5. The molecule has 1 aliphatic rings. The second-order valence-corrected chi connectivity index (χ2v) is 6.07. The molecule has 1 aromatic rings. The number of allylic oxidation sites excluding steroid dienone is 3. The van der Waals surface area contributed by atoms with Gasteiger partial charge < -0.3 is 10.2 Å². The van der Waals surface area contributed by atoms with Crippen molar-refractivity contribution in [1.82, 2.24) is 9.78 Å². The van der Waals surface area contributed by atoms with Gasteiger partial charge in [0.25, 0.3) is 5.91 Å². The molecule has 0 bridgehead atoms. The molecule has 0 spiro atoms. The molecule has 11 heteroatoms. The van der Waals surface area contributed by atoms with Crippen LogP contribution in [0.25, 0.3) is 10.4 Å². The highest BCUT2D eigenvalue weighted by Gasteiger charge is 2.36. The van der Waals surface area contributed by atoms with Crippen molar-refractivity contribution >= 4 is 29.4 Å². The Balaban J connectivity index is 0.000000271. The van der Waals surface area contributed by atoms with E-state index >= 15 is 0 Å². The number of halogens is 1. The van der Waals surface area contributed by atoms with E-state index in [1.165, 1.54) is 36.2 Å². The molecule has 0 saturated heterocycles. The minimum atomic E-state index is -1.22. The van der Waals surface area contributed by atoms with Crippen LogP contribution in [-0.4, -0.2) is 37.8 Å². The van der Waals surface area contributed by atoms with Gasteiger partial charge in [0.1, 0.15) is 0 Å². The van der Waals surface area contributed by atoms with Crippen molar-refractivity contribution in [2.24, 2.45) is 10.5 Å². The average Bonchev–Trinajstić information content (AvgIpc) is 3.04. The first kappa shape index (κ1) is 21.7. The Labute approximate surface area is 158 Å². The van der Waals surface area contributed by atoms with Gasteiger partial charge in [-0.3, -0.25) is 14.3 Å². The van der Waals surface area contributed by atoms with Crippen molar-refractivity contribution in [3.05, 3.63) is 63.8 Å². The van der Waals surface area contributed by atoms with Gasteiger partial charge in [-0.05, 0) is 36.1 Å². The number of azide groups is 1. The first-order valence-electron chi connectivity index (χ1n) is 7.41. The topological polar surface area (TPSA) is 158 Å². The molecule has 1 amide bonds. The van der Waals surface area contributed by atoms with Crippen LogP contribution in [0.3, 0.4) is 0 Å². The zero-order chi connectivity index (χ0) is 20.6. The van der Waals surface area contributed by atoms with E-state index in [2.05, 4.69) is 21.7 Å². The first-order valence-corrected chi connectivity index (χ1v) is 7.79. The SMILES string of the molecule is C=CCn1cc(C(=O)N=[N+]=[N-])cn1.CC1(C(=O)O)C=C(Cl)C=C(C(=O)O)C1. The number of aromatic nitrogens is 2. The summed E-state index contributed by atoms with van der Waals surface area (Å²) in [6.45, 7) is 5.47. The first-order chi connectivity index (χ1) is 12.6. The van der Waals surface area contributed by atoms with Gasteiger partial charge in [-0.1, -0.05) is 17.7 Å². The molecule has 0 saturated carbocycles. The third-order valence-corrected chi connectivity index (χ3v) is 3.64. The fourth-order valence-electron chi connectivity index (χ4n) is 2.09. The van der Waals surface area contributed by atoms with Gasteiger partial charge in [-0.25, -0.2) is 4.79 Å². The Morgan fingerprint density at radius 1 is 1.52 bits per heavy atom. The zero-order valence-electron chi connectivity index (χ0n) is 14.2. The molecule has 1 heterocycles. The van der Waals surface area contributed by atoms with Crippen LogP contribution in [0.2, 0.25) is 0 Å². The monoisotopic (exact) mass is 393 g/mol. The molecule has 0 fully saturated rings. The van der Waals surface area contributed by atoms with Gasteiger partial charge >= 0.3 is 11.9 Å². The van der Waals surface area contributed by atoms with Crippen molar-refractivity contribution in [3.8, 4) is 0 Å². The molecule has 1 aromatic heterocycles. The molecule has 1 unspecified atom stereocenters. The van der Waals surface area contributed by atoms with Crippen molar-refractivity contribution in [2.75, 3.05) is 0 Å². The number of nitrogens with zero attached hydrogens (tertiary/aromatic N) is 5. The number of carboxylic acids is 2. The lowest BCUT2D eigenvalue weighted by Crippen LogP contribution is -2.29. The molecule has 1 atom stereocenters. The Morgan fingerprint density at radius 3 is 2.70 bits per heavy atom. The Bertz CT molecular complexity index is 882. The summed E-state index contributed by atoms with van der Waals surface area (Å²) in [6, 6.07) is 0. The molecule has 0 aliphatic heterocycles. The number of rotatable bonds is 5. The normalized spacial score (nSPS) is 18.0. The van der Waals surface area contributed by atoms with Crippen LogP contribution in [0.5, 0.6) is 0 Å². The number of hydrogen-bond donors (Lipinski definition) is 2. The molecule has 142 valence electrons. The molecule has 27 heavy (non-hydrogen) atoms. The third kappa shape index (κ3) is 6.14. The minimum Gasteiger partial charge on any atom is -0.481 e. The lowest BCUT2D eigenvalue weighted by Gasteiger charge is -2.24. The summed E-state index contributed by atoms with van der Waals surface area (Å²) < 4.78 is 1.52. The molecule has 1 aliphatic carbocycles. The summed E-state index contributed by atoms with van der Waals surface area (Å²) in [4.78, 5) is 34.9. The van der Waals surface area contributed by atoms with Crippen molar-refractivity contribution in [3.63, 3.8) is 0 Å². The number of hydrogen-bond acceptors (Lipinski definition) is 4. The maximum absolute atomic E-state index is 11.0. The highest BCUT2D eigenvalue weighted by Crippen LogP contribution is 2.35. The predicted octanol–water partition coefficient (Wildman–Crippen LogP) is 3.13. The standard InChI is InChI=1S/C9H9ClO4.C7H7N5O/c1-9(8(13)14)3-5(7(11)12)2-6(10)4-9;1-2-3-12-5-6(4-9-12)7(13)10-11-8/h2,4H,3H2,1H3,(H,11,12)(H,13,14);2,4-5H,1,3H2. The Morgan fingerprint density at radius 2 is 2.19 bits per heavy atom. The van der Waals surface area contributed by atoms with Crippen molar-refractivity contribution in [2.45, 2.75) is 19.9 Å². The van der Waals surface area contributed by atoms with Gasteiger partial charge in [-0.2, -0.15) is 5.10 Å². The molecule has 0 radical (unpaired) electrons. The van der Waals surface area contributed by atoms with E-state index in [-0.39, 0.29) is 22.6 Å². The van der Waals surface area contributed by atoms with Crippen LogP contribution in [-0.2, 0) is 16.1 Å². The van der Waals surface area contributed by atoms with E-state index in [0.717, 1.165) is 0 Å². The number of carbonyl (C=O) groups is 3. The van der Waals surface area contributed by atoms with Gasteiger partial charge in [0.05, 0.1) is 23.7 Å². The lowest BCUT2D eigenvalue weighted by atomic mass is 9.80. The van der Waals surface area contributed by atoms with E-state index in [9.17, 15) is 14.4 Å². The second kappa shape index (κ2) is 9.37. The number of amides is 1. The number of carbonyl (C=O) groups excluding carboxylic acids is 1. The lowest BCUT2D eigenvalue weighted by molar-refractivity contribution is -0.145. The summed E-state index contributed by atoms with van der Waals surface area (Å²) in [5.74, 6) is -2.84. The fourth-order valence-corrected chi connectivity index (χ4v) is 2.46. The molecular weight excluding hydrogens is 378 g/mol.